The van der Waals surface area contributed by atoms with E-state index in [0.717, 1.165) is 83.5 Å². The predicted octanol–water partition coefficient (Wildman–Crippen LogP) is 9.05. The number of allylic oxidation sites excluding steroid dienone is 10. The topological polar surface area (TPSA) is 63.6 Å². The van der Waals surface area contributed by atoms with Crippen LogP contribution in [0.3, 0.4) is 0 Å². The van der Waals surface area contributed by atoms with Gasteiger partial charge in [0.2, 0.25) is 0 Å². The van der Waals surface area contributed by atoms with Crippen molar-refractivity contribution in [2.24, 2.45) is 0 Å². The van der Waals surface area contributed by atoms with Gasteiger partial charge in [-0.2, -0.15) is 0 Å². The first kappa shape index (κ1) is 32.6. The van der Waals surface area contributed by atoms with Gasteiger partial charge in [-0.3, -0.25) is 9.59 Å². The Labute approximate surface area is 214 Å². The number of esters is 1. The van der Waals surface area contributed by atoms with Crippen LogP contribution in [0.1, 0.15) is 117 Å². The van der Waals surface area contributed by atoms with Gasteiger partial charge in [0.05, 0.1) is 0 Å². The van der Waals surface area contributed by atoms with E-state index in [0.29, 0.717) is 12.8 Å². The van der Waals surface area contributed by atoms with E-state index in [-0.39, 0.29) is 18.5 Å². The smallest absolute Gasteiger partial charge is 0.306 e. The van der Waals surface area contributed by atoms with Crippen LogP contribution in [-0.4, -0.2) is 23.1 Å². The van der Waals surface area contributed by atoms with E-state index in [9.17, 15) is 9.59 Å². The van der Waals surface area contributed by atoms with Crippen molar-refractivity contribution in [2.45, 2.75) is 123 Å². The van der Waals surface area contributed by atoms with E-state index in [1.165, 1.54) is 0 Å². The van der Waals surface area contributed by atoms with Crippen molar-refractivity contribution in [3.63, 3.8) is 0 Å². The zero-order valence-electron chi connectivity index (χ0n) is 22.3. The number of carboxylic acids is 1. The highest BCUT2D eigenvalue weighted by Gasteiger charge is 2.13. The maximum absolute atomic E-state index is 12.2. The Balaban J connectivity index is 3.87. The first-order valence-corrected chi connectivity index (χ1v) is 13.8. The third-order valence-electron chi connectivity index (χ3n) is 5.50. The number of aliphatic carboxylic acids is 1. The molecule has 4 heteroatoms. The van der Waals surface area contributed by atoms with E-state index < -0.39 is 5.97 Å². The molecule has 0 aliphatic heterocycles. The Morgan fingerprint density at radius 2 is 1.20 bits per heavy atom. The lowest BCUT2D eigenvalue weighted by Crippen LogP contribution is -2.18. The molecule has 0 amide bonds. The lowest BCUT2D eigenvalue weighted by molar-refractivity contribution is -0.150. The maximum Gasteiger partial charge on any atom is 0.306 e. The number of carbonyl (C=O) groups excluding carboxylic acids is 1. The summed E-state index contributed by atoms with van der Waals surface area (Å²) in [6.45, 7) is 4.28. The van der Waals surface area contributed by atoms with E-state index in [4.69, 9.17) is 9.84 Å². The molecule has 0 rings (SSSR count). The quantitative estimate of drug-likeness (QED) is 0.0888. The van der Waals surface area contributed by atoms with Crippen molar-refractivity contribution in [2.75, 3.05) is 0 Å². The van der Waals surface area contributed by atoms with Gasteiger partial charge in [-0.1, -0.05) is 93.9 Å². The average molecular weight is 487 g/mol. The van der Waals surface area contributed by atoms with Crippen molar-refractivity contribution in [1.29, 1.82) is 0 Å². The Morgan fingerprint density at radius 1 is 0.657 bits per heavy atom. The maximum atomic E-state index is 12.2. The second-order valence-electron chi connectivity index (χ2n) is 8.85. The van der Waals surface area contributed by atoms with Crippen molar-refractivity contribution < 1.29 is 19.4 Å². The lowest BCUT2D eigenvalue weighted by atomic mass is 10.0. The summed E-state index contributed by atoms with van der Waals surface area (Å²) in [5, 5.41) is 8.72. The number of carbonyl (C=O) groups is 2. The molecule has 0 saturated heterocycles. The largest absolute Gasteiger partial charge is 0.481 e. The molecule has 0 saturated carbocycles. The van der Waals surface area contributed by atoms with Crippen LogP contribution in [0.25, 0.3) is 0 Å². The molecule has 0 aromatic heterocycles. The number of hydrogen-bond acceptors (Lipinski definition) is 3. The fourth-order valence-electron chi connectivity index (χ4n) is 3.50. The molecule has 0 radical (unpaired) electrons. The fourth-order valence-corrected chi connectivity index (χ4v) is 3.50. The minimum absolute atomic E-state index is 0.0269. The average Bonchev–Trinajstić information content (AvgIpc) is 2.83. The summed E-state index contributed by atoms with van der Waals surface area (Å²) >= 11 is 0. The summed E-state index contributed by atoms with van der Waals surface area (Å²) in [4.78, 5) is 22.8. The molecule has 0 aromatic rings. The molecule has 35 heavy (non-hydrogen) atoms. The van der Waals surface area contributed by atoms with Crippen molar-refractivity contribution >= 4 is 11.9 Å². The van der Waals surface area contributed by atoms with Crippen LogP contribution in [0.4, 0.5) is 0 Å². The van der Waals surface area contributed by atoms with Gasteiger partial charge < -0.3 is 9.84 Å². The SMILES string of the molecule is CC/C=C\C/C=C\C/C=C\C/C=C\C/C=C\CCCC(=O)OC(CCCC)CCCCCC(=O)O. The predicted molar refractivity (Wildman–Crippen MR) is 148 cm³/mol. The molecular weight excluding hydrogens is 436 g/mol. The van der Waals surface area contributed by atoms with Gasteiger partial charge in [0.15, 0.2) is 0 Å². The van der Waals surface area contributed by atoms with Gasteiger partial charge in [0.25, 0.3) is 0 Å². The summed E-state index contributed by atoms with van der Waals surface area (Å²) in [5.41, 5.74) is 0. The summed E-state index contributed by atoms with van der Waals surface area (Å²) < 4.78 is 5.71. The lowest BCUT2D eigenvalue weighted by Gasteiger charge is -2.17. The van der Waals surface area contributed by atoms with Crippen molar-refractivity contribution in [1.82, 2.24) is 0 Å². The van der Waals surface area contributed by atoms with Crippen LogP contribution in [0, 0.1) is 0 Å². The van der Waals surface area contributed by atoms with E-state index in [1.54, 1.807) is 0 Å². The van der Waals surface area contributed by atoms with Gasteiger partial charge in [-0.25, -0.2) is 0 Å². The molecule has 0 aliphatic rings. The summed E-state index contributed by atoms with van der Waals surface area (Å²) in [5.74, 6) is -0.851. The van der Waals surface area contributed by atoms with Gasteiger partial charge in [-0.05, 0) is 70.6 Å². The van der Waals surface area contributed by atoms with Gasteiger partial charge in [0.1, 0.15) is 6.10 Å². The summed E-state index contributed by atoms with van der Waals surface area (Å²) in [6.07, 6.45) is 35.5. The number of unbranched alkanes of at least 4 members (excludes halogenated alkanes) is 4. The Kier molecular flexibility index (Phi) is 24.5. The number of carboxylic acid groups (broad SMARTS) is 1. The molecule has 1 unspecified atom stereocenters. The zero-order chi connectivity index (χ0) is 25.8. The molecule has 4 nitrogen and oxygen atoms in total. The molecule has 0 spiro atoms. The third-order valence-corrected chi connectivity index (χ3v) is 5.50. The highest BCUT2D eigenvalue weighted by Crippen LogP contribution is 2.15. The number of hydrogen-bond donors (Lipinski definition) is 1. The molecular formula is C31H50O4. The molecule has 0 aromatic carbocycles. The summed E-state index contributed by atoms with van der Waals surface area (Å²) in [7, 11) is 0. The molecule has 1 N–H and O–H groups in total. The fraction of sp³-hybridized carbons (Fsp3) is 0.613. The van der Waals surface area contributed by atoms with E-state index >= 15 is 0 Å². The van der Waals surface area contributed by atoms with Gasteiger partial charge in [0, 0.05) is 12.8 Å². The molecule has 0 heterocycles. The second-order valence-corrected chi connectivity index (χ2v) is 8.85. The number of ether oxygens (including phenoxy) is 1. The summed E-state index contributed by atoms with van der Waals surface area (Å²) in [6, 6.07) is 0. The first-order chi connectivity index (χ1) is 17.1. The molecule has 198 valence electrons. The normalized spacial score (nSPS) is 13.2. The molecule has 0 fully saturated rings. The second kappa shape index (κ2) is 26.2. The van der Waals surface area contributed by atoms with Crippen molar-refractivity contribution in [3.8, 4) is 0 Å². The van der Waals surface area contributed by atoms with E-state index in [1.807, 2.05) is 0 Å². The van der Waals surface area contributed by atoms with Crippen LogP contribution in [-0.2, 0) is 14.3 Å². The standard InChI is InChI=1S/C31H50O4/c1-3-5-7-8-9-10-11-12-13-14-15-16-17-18-19-20-24-28-31(34)35-29(25-6-4-2)26-22-21-23-27-30(32)33/h5,7,9-10,12-13,15-16,18-19,29H,3-4,6,8,11,14,17,20-28H2,1-2H3,(H,32,33)/b7-5-,10-9-,13-12-,16-15-,19-18-. The third kappa shape index (κ3) is 26.1. The minimum Gasteiger partial charge on any atom is -0.481 e. The van der Waals surface area contributed by atoms with Gasteiger partial charge >= 0.3 is 11.9 Å². The van der Waals surface area contributed by atoms with Crippen LogP contribution in [0.2, 0.25) is 0 Å². The minimum atomic E-state index is -0.744. The van der Waals surface area contributed by atoms with E-state index in [2.05, 4.69) is 74.6 Å². The first-order valence-electron chi connectivity index (χ1n) is 13.8. The molecule has 0 aliphatic carbocycles. The Hall–Kier alpha value is -2.36. The number of rotatable bonds is 23. The van der Waals surface area contributed by atoms with Crippen LogP contribution in [0.15, 0.2) is 60.8 Å². The van der Waals surface area contributed by atoms with Gasteiger partial charge in [-0.15, -0.1) is 0 Å². The van der Waals surface area contributed by atoms with Crippen LogP contribution in [0.5, 0.6) is 0 Å². The molecule has 0 bridgehead atoms. The highest BCUT2D eigenvalue weighted by atomic mass is 16.5. The molecule has 1 atom stereocenters. The Bertz CT molecular complexity index is 655. The van der Waals surface area contributed by atoms with Crippen molar-refractivity contribution in [3.05, 3.63) is 60.8 Å². The monoisotopic (exact) mass is 486 g/mol. The van der Waals surface area contributed by atoms with Crippen LogP contribution >= 0.6 is 0 Å². The zero-order valence-corrected chi connectivity index (χ0v) is 22.3. The highest BCUT2D eigenvalue weighted by molar-refractivity contribution is 5.69. The Morgan fingerprint density at radius 3 is 1.74 bits per heavy atom. The van der Waals surface area contributed by atoms with Crippen LogP contribution < -0.4 is 0 Å².